The molecule has 2 N–H and O–H groups in total. The van der Waals surface area contributed by atoms with Crippen molar-refractivity contribution in [3.8, 4) is 0 Å². The third-order valence-electron chi connectivity index (χ3n) is 3.96. The summed E-state index contributed by atoms with van der Waals surface area (Å²) < 4.78 is 10.4. The molecule has 0 aliphatic rings. The van der Waals surface area contributed by atoms with Crippen LogP contribution in [0.1, 0.15) is 90.9 Å². The van der Waals surface area contributed by atoms with E-state index in [1.807, 2.05) is 0 Å². The minimum absolute atomic E-state index is 0.0614. The predicted molar refractivity (Wildman–Crippen MR) is 96.6 cm³/mol. The molecule has 5 nitrogen and oxygen atoms in total. The highest BCUT2D eigenvalue weighted by molar-refractivity contribution is 5.70. The second-order valence-electron chi connectivity index (χ2n) is 6.36. The highest BCUT2D eigenvalue weighted by Gasteiger charge is 2.15. The predicted octanol–water partition coefficient (Wildman–Crippen LogP) is 4.12. The van der Waals surface area contributed by atoms with Crippen LogP contribution in [0.25, 0.3) is 0 Å². The van der Waals surface area contributed by atoms with Crippen molar-refractivity contribution in [3.05, 3.63) is 0 Å². The molecule has 0 heterocycles. The number of carbonyl (C=O) groups is 2. The van der Waals surface area contributed by atoms with Gasteiger partial charge in [-0.25, -0.2) is 0 Å². The molecule has 0 spiro atoms. The van der Waals surface area contributed by atoms with E-state index in [-0.39, 0.29) is 25.1 Å². The second-order valence-corrected chi connectivity index (χ2v) is 6.36. The number of ether oxygens (including phenoxy) is 2. The number of carbonyl (C=O) groups excluding carboxylic acids is 2. The summed E-state index contributed by atoms with van der Waals surface area (Å²) in [7, 11) is 0. The van der Waals surface area contributed by atoms with Crippen LogP contribution in [0.15, 0.2) is 0 Å². The fourth-order valence-corrected chi connectivity index (χ4v) is 2.40. The zero-order chi connectivity index (χ0) is 18.0. The fourth-order valence-electron chi connectivity index (χ4n) is 2.40. The Kier molecular flexibility index (Phi) is 16.0. The summed E-state index contributed by atoms with van der Waals surface area (Å²) in [5.41, 5.74) is 5.59. The number of nitrogens with two attached hydrogens (primary N) is 1. The number of hydrogen-bond donors (Lipinski definition) is 1. The van der Waals surface area contributed by atoms with Gasteiger partial charge in [0.25, 0.3) is 0 Å². The van der Waals surface area contributed by atoms with Crippen molar-refractivity contribution in [3.63, 3.8) is 0 Å². The smallest absolute Gasteiger partial charge is 0.306 e. The topological polar surface area (TPSA) is 78.6 Å². The van der Waals surface area contributed by atoms with Crippen LogP contribution in [0.2, 0.25) is 0 Å². The minimum atomic E-state index is -0.530. The highest BCUT2D eigenvalue weighted by Crippen LogP contribution is 2.08. The Morgan fingerprint density at radius 1 is 0.792 bits per heavy atom. The average Bonchev–Trinajstić information content (AvgIpc) is 2.58. The van der Waals surface area contributed by atoms with Gasteiger partial charge < -0.3 is 15.2 Å². The van der Waals surface area contributed by atoms with E-state index in [1.165, 1.54) is 25.7 Å². The van der Waals surface area contributed by atoms with Crippen molar-refractivity contribution in [2.24, 2.45) is 5.73 Å². The van der Waals surface area contributed by atoms with Crippen molar-refractivity contribution in [2.75, 3.05) is 13.2 Å². The molecule has 0 aliphatic heterocycles. The van der Waals surface area contributed by atoms with Crippen LogP contribution < -0.4 is 5.73 Å². The van der Waals surface area contributed by atoms with Gasteiger partial charge in [0.2, 0.25) is 0 Å². The van der Waals surface area contributed by atoms with Gasteiger partial charge in [-0.15, -0.1) is 0 Å². The summed E-state index contributed by atoms with van der Waals surface area (Å²) in [5, 5.41) is 0. The molecule has 1 unspecified atom stereocenters. The molecule has 0 fully saturated rings. The molecule has 24 heavy (non-hydrogen) atoms. The molecule has 0 rings (SSSR count). The first kappa shape index (κ1) is 22.9. The van der Waals surface area contributed by atoms with Gasteiger partial charge in [-0.05, 0) is 12.8 Å². The Bertz CT molecular complexity index is 320. The first-order chi connectivity index (χ1) is 11.6. The van der Waals surface area contributed by atoms with Gasteiger partial charge in [0, 0.05) is 19.4 Å². The number of unbranched alkanes of at least 4 members (excludes halogenated alkanes) is 8. The van der Waals surface area contributed by atoms with Gasteiger partial charge in [0.15, 0.2) is 0 Å². The Morgan fingerprint density at radius 3 is 1.79 bits per heavy atom. The first-order valence-corrected chi connectivity index (χ1v) is 9.69. The van der Waals surface area contributed by atoms with Gasteiger partial charge >= 0.3 is 11.9 Å². The molecule has 0 aromatic carbocycles. The molecule has 0 saturated heterocycles. The van der Waals surface area contributed by atoms with Crippen LogP contribution in [-0.2, 0) is 19.1 Å². The van der Waals surface area contributed by atoms with Crippen molar-refractivity contribution in [1.29, 1.82) is 0 Å². The summed E-state index contributed by atoms with van der Waals surface area (Å²) in [6.45, 7) is 4.55. The quantitative estimate of drug-likeness (QED) is 0.337. The van der Waals surface area contributed by atoms with Crippen LogP contribution in [0, 0.1) is 0 Å². The standard InChI is InChI=1S/C19H37NO4/c1-3-5-7-9-11-13-18(21)23-16-17(15-20)24-19(22)14-12-10-8-6-4-2/h17H,3-16,20H2,1-2H3. The summed E-state index contributed by atoms with van der Waals surface area (Å²) in [4.78, 5) is 23.4. The molecular formula is C19H37NO4. The summed E-state index contributed by atoms with van der Waals surface area (Å²) >= 11 is 0. The van der Waals surface area contributed by atoms with Crippen LogP contribution in [-0.4, -0.2) is 31.2 Å². The normalized spacial score (nSPS) is 12.0. The maximum Gasteiger partial charge on any atom is 0.306 e. The van der Waals surface area contributed by atoms with E-state index in [1.54, 1.807) is 0 Å². The second kappa shape index (κ2) is 16.7. The maximum absolute atomic E-state index is 11.7. The van der Waals surface area contributed by atoms with E-state index in [9.17, 15) is 9.59 Å². The molecule has 0 aromatic rings. The molecular weight excluding hydrogens is 306 g/mol. The van der Waals surface area contributed by atoms with E-state index in [0.717, 1.165) is 38.5 Å². The van der Waals surface area contributed by atoms with E-state index in [4.69, 9.17) is 15.2 Å². The van der Waals surface area contributed by atoms with Gasteiger partial charge in [-0.2, -0.15) is 0 Å². The Hall–Kier alpha value is -1.10. The highest BCUT2D eigenvalue weighted by atomic mass is 16.6. The average molecular weight is 344 g/mol. The lowest BCUT2D eigenvalue weighted by molar-refractivity contribution is -0.158. The number of hydrogen-bond acceptors (Lipinski definition) is 5. The van der Waals surface area contributed by atoms with E-state index in [2.05, 4.69) is 13.8 Å². The van der Waals surface area contributed by atoms with Gasteiger partial charge in [-0.1, -0.05) is 65.2 Å². The third-order valence-corrected chi connectivity index (χ3v) is 3.96. The minimum Gasteiger partial charge on any atom is -0.462 e. The monoisotopic (exact) mass is 343 g/mol. The lowest BCUT2D eigenvalue weighted by Crippen LogP contribution is -2.32. The molecule has 0 amide bonds. The number of esters is 2. The van der Waals surface area contributed by atoms with Crippen molar-refractivity contribution in [2.45, 2.75) is 97.0 Å². The molecule has 1 atom stereocenters. The number of rotatable bonds is 16. The molecule has 0 saturated carbocycles. The maximum atomic E-state index is 11.7. The molecule has 5 heteroatoms. The zero-order valence-corrected chi connectivity index (χ0v) is 15.7. The molecule has 0 aliphatic carbocycles. The van der Waals surface area contributed by atoms with Crippen LogP contribution in [0.5, 0.6) is 0 Å². The van der Waals surface area contributed by atoms with E-state index >= 15 is 0 Å². The molecule has 142 valence electrons. The molecule has 0 aromatic heterocycles. The van der Waals surface area contributed by atoms with Crippen molar-refractivity contribution < 1.29 is 19.1 Å². The SMILES string of the molecule is CCCCCCCC(=O)OCC(CN)OC(=O)CCCCCCC. The zero-order valence-electron chi connectivity index (χ0n) is 15.7. The largest absolute Gasteiger partial charge is 0.462 e. The Labute approximate surface area is 147 Å². The third kappa shape index (κ3) is 14.5. The summed E-state index contributed by atoms with van der Waals surface area (Å²) in [6, 6.07) is 0. The molecule has 0 radical (unpaired) electrons. The fraction of sp³-hybridized carbons (Fsp3) is 0.895. The lowest BCUT2D eigenvalue weighted by Gasteiger charge is -2.16. The lowest BCUT2D eigenvalue weighted by atomic mass is 10.1. The van der Waals surface area contributed by atoms with Crippen LogP contribution in [0.4, 0.5) is 0 Å². The van der Waals surface area contributed by atoms with E-state index in [0.29, 0.717) is 12.8 Å². The van der Waals surface area contributed by atoms with Gasteiger partial charge in [0.05, 0.1) is 0 Å². The van der Waals surface area contributed by atoms with Gasteiger partial charge in [0.1, 0.15) is 12.7 Å². The Balaban J connectivity index is 3.73. The summed E-state index contributed by atoms with van der Waals surface area (Å²) in [5.74, 6) is -0.488. The molecule has 0 bridgehead atoms. The van der Waals surface area contributed by atoms with Gasteiger partial charge in [-0.3, -0.25) is 9.59 Å². The van der Waals surface area contributed by atoms with Crippen molar-refractivity contribution in [1.82, 2.24) is 0 Å². The van der Waals surface area contributed by atoms with Crippen LogP contribution >= 0.6 is 0 Å². The Morgan fingerprint density at radius 2 is 1.29 bits per heavy atom. The van der Waals surface area contributed by atoms with Crippen LogP contribution in [0.3, 0.4) is 0 Å². The first-order valence-electron chi connectivity index (χ1n) is 9.69. The van der Waals surface area contributed by atoms with Crippen molar-refractivity contribution >= 4 is 11.9 Å². The summed E-state index contributed by atoms with van der Waals surface area (Å²) in [6.07, 6.45) is 11.2. The van der Waals surface area contributed by atoms with E-state index < -0.39 is 6.10 Å².